The van der Waals surface area contributed by atoms with Gasteiger partial charge in [0.15, 0.2) is 6.73 Å². The third kappa shape index (κ3) is 7.93. The van der Waals surface area contributed by atoms with Crippen molar-refractivity contribution < 1.29 is 14.3 Å². The van der Waals surface area contributed by atoms with E-state index in [1.54, 1.807) is 6.07 Å². The molecule has 0 radical (unpaired) electrons. The van der Waals surface area contributed by atoms with E-state index in [9.17, 15) is 9.59 Å². The number of carbonyl (C=O) groups is 1. The Bertz CT molecular complexity index is 1350. The number of carbonyl (C=O) groups excluding carboxylic acids is 1. The minimum atomic E-state index is -0.292. The Hall–Kier alpha value is -2.74. The Labute approximate surface area is 246 Å². The molecule has 4 rings (SSSR count). The van der Waals surface area contributed by atoms with Gasteiger partial charge in [-0.05, 0) is 67.4 Å². The monoisotopic (exact) mass is 587 g/mol. The van der Waals surface area contributed by atoms with Crippen molar-refractivity contribution in [1.82, 2.24) is 9.47 Å². The third-order valence-corrected chi connectivity index (χ3v) is 8.12. The van der Waals surface area contributed by atoms with Crippen LogP contribution in [-0.2, 0) is 16.3 Å². The van der Waals surface area contributed by atoms with Crippen molar-refractivity contribution in [2.75, 3.05) is 44.2 Å². The second kappa shape index (κ2) is 14.2. The zero-order valence-electron chi connectivity index (χ0n) is 23.6. The number of unbranched alkanes of at least 4 members (excludes halogenated alkanes) is 1. The fourth-order valence-electron chi connectivity index (χ4n) is 5.14. The minimum absolute atomic E-state index is 0.113. The number of nitrogens with zero attached hydrogens (tertiary/aromatic N) is 3. The quantitative estimate of drug-likeness (QED) is 0.179. The smallest absolute Gasteiger partial charge is 0.310 e. The van der Waals surface area contributed by atoms with Crippen LogP contribution in [0.1, 0.15) is 40.0 Å². The van der Waals surface area contributed by atoms with E-state index in [1.807, 2.05) is 43.3 Å². The van der Waals surface area contributed by atoms with Crippen molar-refractivity contribution in [3.8, 4) is 5.75 Å². The van der Waals surface area contributed by atoms with Crippen molar-refractivity contribution in [2.45, 2.75) is 46.8 Å². The van der Waals surface area contributed by atoms with E-state index in [4.69, 9.17) is 32.7 Å². The predicted octanol–water partition coefficient (Wildman–Crippen LogP) is 6.47. The number of halogens is 2. The number of piperazine rings is 1. The summed E-state index contributed by atoms with van der Waals surface area (Å²) in [4.78, 5) is 29.8. The normalized spacial score (nSPS) is 15.0. The van der Waals surface area contributed by atoms with Crippen LogP contribution in [0, 0.1) is 11.8 Å². The molecule has 40 heavy (non-hydrogen) atoms. The molecule has 1 fully saturated rings. The first-order valence-corrected chi connectivity index (χ1v) is 14.8. The van der Waals surface area contributed by atoms with Crippen LogP contribution >= 0.6 is 23.2 Å². The SMILES string of the molecule is CC(C)CC(C)C(=O)OCn1c(=O)ccc2ccc(OCCCCN3CCN(c4cccc(Cl)c4Cl)CC3)cc21. The van der Waals surface area contributed by atoms with Gasteiger partial charge >= 0.3 is 5.97 Å². The zero-order chi connectivity index (χ0) is 28.6. The maximum absolute atomic E-state index is 12.6. The first-order valence-electron chi connectivity index (χ1n) is 14.1. The molecule has 0 N–H and O–H groups in total. The number of rotatable bonds is 12. The molecule has 2 heterocycles. The van der Waals surface area contributed by atoms with E-state index in [0.717, 1.165) is 63.1 Å². The first-order chi connectivity index (χ1) is 19.2. The molecule has 1 aliphatic heterocycles. The van der Waals surface area contributed by atoms with Crippen molar-refractivity contribution in [2.24, 2.45) is 11.8 Å². The average Bonchev–Trinajstić information content (AvgIpc) is 2.93. The van der Waals surface area contributed by atoms with Crippen LogP contribution in [-0.4, -0.2) is 54.8 Å². The number of pyridine rings is 1. The van der Waals surface area contributed by atoms with Crippen LogP contribution in [0.15, 0.2) is 53.3 Å². The minimum Gasteiger partial charge on any atom is -0.494 e. The summed E-state index contributed by atoms with van der Waals surface area (Å²) in [6, 6.07) is 14.7. The number of esters is 1. The van der Waals surface area contributed by atoms with E-state index < -0.39 is 0 Å². The molecule has 0 bridgehead atoms. The molecule has 1 saturated heterocycles. The van der Waals surface area contributed by atoms with Gasteiger partial charge in [-0.15, -0.1) is 0 Å². The van der Waals surface area contributed by atoms with E-state index in [1.165, 1.54) is 10.6 Å². The number of benzene rings is 2. The van der Waals surface area contributed by atoms with Gasteiger partial charge in [-0.2, -0.15) is 0 Å². The van der Waals surface area contributed by atoms with Crippen LogP contribution in [0.3, 0.4) is 0 Å². The fourth-order valence-corrected chi connectivity index (χ4v) is 5.56. The van der Waals surface area contributed by atoms with Gasteiger partial charge in [-0.3, -0.25) is 19.1 Å². The molecule has 1 aromatic heterocycles. The van der Waals surface area contributed by atoms with Crippen molar-refractivity contribution in [3.05, 3.63) is 68.9 Å². The molecule has 216 valence electrons. The Kier molecular flexibility index (Phi) is 10.8. The lowest BCUT2D eigenvalue weighted by Gasteiger charge is -2.36. The van der Waals surface area contributed by atoms with Crippen molar-refractivity contribution in [3.63, 3.8) is 0 Å². The highest BCUT2D eigenvalue weighted by molar-refractivity contribution is 6.43. The van der Waals surface area contributed by atoms with Crippen LogP contribution in [0.5, 0.6) is 5.75 Å². The van der Waals surface area contributed by atoms with Crippen LogP contribution in [0.4, 0.5) is 5.69 Å². The van der Waals surface area contributed by atoms with Gasteiger partial charge in [0.25, 0.3) is 5.56 Å². The van der Waals surface area contributed by atoms with E-state index >= 15 is 0 Å². The highest BCUT2D eigenvalue weighted by Gasteiger charge is 2.20. The van der Waals surface area contributed by atoms with E-state index in [-0.39, 0.29) is 24.2 Å². The molecule has 1 aliphatic rings. The summed E-state index contributed by atoms with van der Waals surface area (Å²) in [5.41, 5.74) is 1.47. The average molecular weight is 589 g/mol. The van der Waals surface area contributed by atoms with Gasteiger partial charge < -0.3 is 14.4 Å². The van der Waals surface area contributed by atoms with Crippen LogP contribution < -0.4 is 15.2 Å². The lowest BCUT2D eigenvalue weighted by Crippen LogP contribution is -2.46. The summed E-state index contributed by atoms with van der Waals surface area (Å²) in [5.74, 6) is 0.583. The fraction of sp³-hybridized carbons (Fsp3) is 0.484. The van der Waals surface area contributed by atoms with Gasteiger partial charge in [-0.1, -0.05) is 50.0 Å². The van der Waals surface area contributed by atoms with Crippen LogP contribution in [0.25, 0.3) is 10.9 Å². The van der Waals surface area contributed by atoms with Gasteiger partial charge in [0, 0.05) is 38.3 Å². The highest BCUT2D eigenvalue weighted by atomic mass is 35.5. The summed E-state index contributed by atoms with van der Waals surface area (Å²) in [6.45, 7) is 11.3. The van der Waals surface area contributed by atoms with Gasteiger partial charge in [0.05, 0.1) is 33.8 Å². The molecule has 0 aliphatic carbocycles. The van der Waals surface area contributed by atoms with Crippen molar-refractivity contribution >= 4 is 45.8 Å². The Morgan fingerprint density at radius 2 is 1.73 bits per heavy atom. The molecule has 0 saturated carbocycles. The Balaban J connectivity index is 1.24. The Morgan fingerprint density at radius 1 is 0.975 bits per heavy atom. The molecule has 0 amide bonds. The summed E-state index contributed by atoms with van der Waals surface area (Å²) < 4.78 is 13.0. The van der Waals surface area contributed by atoms with E-state index in [0.29, 0.717) is 33.8 Å². The lowest BCUT2D eigenvalue weighted by atomic mass is 9.99. The molecule has 1 atom stereocenters. The maximum atomic E-state index is 12.6. The molecule has 1 unspecified atom stereocenters. The topological polar surface area (TPSA) is 64.0 Å². The van der Waals surface area contributed by atoms with Gasteiger partial charge in [0.2, 0.25) is 0 Å². The third-order valence-electron chi connectivity index (χ3n) is 7.31. The lowest BCUT2D eigenvalue weighted by molar-refractivity contribution is -0.152. The summed E-state index contributed by atoms with van der Waals surface area (Å²) in [6.07, 6.45) is 2.70. The number of hydrogen-bond acceptors (Lipinski definition) is 6. The highest BCUT2D eigenvalue weighted by Crippen LogP contribution is 2.33. The first kappa shape index (κ1) is 30.2. The largest absolute Gasteiger partial charge is 0.494 e. The molecule has 9 heteroatoms. The van der Waals surface area contributed by atoms with Gasteiger partial charge in [-0.25, -0.2) is 0 Å². The zero-order valence-corrected chi connectivity index (χ0v) is 25.1. The number of aromatic nitrogens is 1. The van der Waals surface area contributed by atoms with Gasteiger partial charge in [0.1, 0.15) is 5.75 Å². The number of ether oxygens (including phenoxy) is 2. The molecule has 3 aromatic rings. The maximum Gasteiger partial charge on any atom is 0.310 e. The molecular weight excluding hydrogens is 549 g/mol. The molecule has 7 nitrogen and oxygen atoms in total. The van der Waals surface area contributed by atoms with Crippen LogP contribution in [0.2, 0.25) is 10.0 Å². The molecule has 2 aromatic carbocycles. The second-order valence-corrected chi connectivity index (χ2v) is 11.7. The standard InChI is InChI=1S/C31H39Cl2N3O4/c1-22(2)19-23(3)31(38)40-21-36-28-20-25(11-9-24(28)10-12-29(36)37)39-18-5-4-13-34-14-16-35(17-15-34)27-8-6-7-26(32)30(27)33/h6-12,20,22-23H,4-5,13-19,21H2,1-3H3. The summed E-state index contributed by atoms with van der Waals surface area (Å²) in [5, 5.41) is 2.10. The number of hydrogen-bond donors (Lipinski definition) is 0. The van der Waals surface area contributed by atoms with Crippen molar-refractivity contribution in [1.29, 1.82) is 0 Å². The molecule has 0 spiro atoms. The predicted molar refractivity (Wildman–Crippen MR) is 163 cm³/mol. The second-order valence-electron chi connectivity index (χ2n) is 10.9. The molecular formula is C31H39Cl2N3O4. The summed E-state index contributed by atoms with van der Waals surface area (Å²) in [7, 11) is 0. The number of anilines is 1. The van der Waals surface area contributed by atoms with E-state index in [2.05, 4.69) is 23.6 Å². The number of fused-ring (bicyclic) bond motifs is 1. The summed E-state index contributed by atoms with van der Waals surface area (Å²) >= 11 is 12.6. The Morgan fingerprint density at radius 3 is 2.48 bits per heavy atom.